The average Bonchev–Trinajstić information content (AvgIpc) is 1.55. The summed E-state index contributed by atoms with van der Waals surface area (Å²) in [4.78, 5) is 0. The summed E-state index contributed by atoms with van der Waals surface area (Å²) in [6.07, 6.45) is 0. The van der Waals surface area contributed by atoms with Gasteiger partial charge in [0.25, 0.3) is 10.1 Å². The molecule has 0 bridgehead atoms. The van der Waals surface area contributed by atoms with E-state index < -0.39 is 10.1 Å². The van der Waals surface area contributed by atoms with Crippen LogP contribution in [0.1, 0.15) is 20.8 Å². The third-order valence-electron chi connectivity index (χ3n) is 1.02. The van der Waals surface area contributed by atoms with Crippen molar-refractivity contribution in [3.63, 3.8) is 0 Å². The van der Waals surface area contributed by atoms with Crippen molar-refractivity contribution >= 4 is 19.6 Å². The quantitative estimate of drug-likeness (QED) is 0.543. The molecule has 66 valence electrons. The van der Waals surface area contributed by atoms with Gasteiger partial charge in [-0.05, 0) is 11.1 Å². The summed E-state index contributed by atoms with van der Waals surface area (Å²) in [6.45, 7) is 6.15. The maximum absolute atomic E-state index is 10.3. The first kappa shape index (κ1) is 11.1. The predicted octanol–water partition coefficient (Wildman–Crippen LogP) is 1.22. The van der Waals surface area contributed by atoms with E-state index in [1.54, 1.807) is 0 Å². The van der Waals surface area contributed by atoms with Crippen molar-refractivity contribution in [3.05, 3.63) is 0 Å². The van der Waals surface area contributed by atoms with Crippen LogP contribution in [0.25, 0.3) is 0 Å². The molecule has 0 spiro atoms. The topological polar surface area (TPSA) is 54.4 Å². The fraction of sp³-hybridized carbons (Fsp3) is 1.00. The Balaban J connectivity index is 3.61. The molecule has 0 aliphatic carbocycles. The highest BCUT2D eigenvalue weighted by molar-refractivity contribution is 7.85. The molecule has 0 unspecified atom stereocenters. The Morgan fingerprint density at radius 2 is 1.82 bits per heavy atom. The molecule has 0 atom stereocenters. The maximum atomic E-state index is 10.3. The van der Waals surface area contributed by atoms with Crippen LogP contribution in [0, 0.1) is 0 Å². The Hall–Kier alpha value is 0.127. The molecule has 0 heterocycles. The second-order valence-corrected chi connectivity index (χ2v) is 7.39. The minimum Gasteiger partial charge on any atom is -0.286 e. The minimum atomic E-state index is -3.74. The Morgan fingerprint density at radius 3 is 2.09 bits per heavy atom. The van der Waals surface area contributed by atoms with Gasteiger partial charge in [-0.2, -0.15) is 8.42 Å². The Kier molecular flexibility index (Phi) is 3.73. The smallest absolute Gasteiger partial charge is 0.264 e. The second-order valence-electron chi connectivity index (χ2n) is 3.46. The lowest BCUT2D eigenvalue weighted by atomic mass is 10.3. The summed E-state index contributed by atoms with van der Waals surface area (Å²) < 4.78 is 28.9. The van der Waals surface area contributed by atoms with Crippen LogP contribution in [-0.4, -0.2) is 28.2 Å². The molecule has 0 saturated heterocycles. The molecular formula is C6H14O3SSi. The second kappa shape index (κ2) is 3.69. The van der Waals surface area contributed by atoms with Gasteiger partial charge in [0.1, 0.15) is 0 Å². The van der Waals surface area contributed by atoms with Gasteiger partial charge in [0.05, 0.1) is 5.75 Å². The fourth-order valence-electron chi connectivity index (χ4n) is 0.555. The summed E-state index contributed by atoms with van der Waals surface area (Å²) in [5, 5.41) is 0.171. The lowest BCUT2D eigenvalue weighted by Gasteiger charge is -2.15. The van der Waals surface area contributed by atoms with Crippen molar-refractivity contribution in [1.29, 1.82) is 0 Å². The summed E-state index contributed by atoms with van der Waals surface area (Å²) in [6, 6.07) is 0.558. The lowest BCUT2D eigenvalue weighted by Crippen LogP contribution is -2.13. The predicted molar refractivity (Wildman–Crippen MR) is 46.7 cm³/mol. The maximum Gasteiger partial charge on any atom is 0.264 e. The normalized spacial score (nSPS) is 13.5. The van der Waals surface area contributed by atoms with Gasteiger partial charge in [0, 0.05) is 9.52 Å². The molecule has 0 saturated carbocycles. The zero-order valence-corrected chi connectivity index (χ0v) is 8.90. The summed E-state index contributed by atoms with van der Waals surface area (Å²) in [5.41, 5.74) is 0. The molecule has 0 rings (SSSR count). The van der Waals surface area contributed by atoms with E-state index in [1.165, 1.54) is 0 Å². The molecule has 5 heteroatoms. The first-order chi connectivity index (χ1) is 4.71. The van der Waals surface area contributed by atoms with Crippen molar-refractivity contribution in [3.8, 4) is 0 Å². The van der Waals surface area contributed by atoms with Crippen molar-refractivity contribution in [2.45, 2.75) is 31.9 Å². The molecule has 11 heavy (non-hydrogen) atoms. The van der Waals surface area contributed by atoms with Gasteiger partial charge in [-0.15, -0.1) is 0 Å². The van der Waals surface area contributed by atoms with Crippen LogP contribution in [-0.2, 0) is 10.1 Å². The van der Waals surface area contributed by atoms with E-state index in [9.17, 15) is 8.42 Å². The number of hydrogen-bond acceptors (Lipinski definition) is 2. The summed E-state index contributed by atoms with van der Waals surface area (Å²) in [7, 11) is -3.16. The fourth-order valence-corrected chi connectivity index (χ4v) is 2.75. The number of hydrogen-bond donors (Lipinski definition) is 1. The van der Waals surface area contributed by atoms with Crippen molar-refractivity contribution < 1.29 is 13.0 Å². The Labute approximate surface area is 70.8 Å². The molecule has 0 aliphatic heterocycles. The third-order valence-corrected chi connectivity index (χ3v) is 3.66. The molecule has 0 amide bonds. The minimum absolute atomic E-state index is 0.108. The van der Waals surface area contributed by atoms with Gasteiger partial charge in [0.2, 0.25) is 0 Å². The highest BCUT2D eigenvalue weighted by Crippen LogP contribution is 2.21. The van der Waals surface area contributed by atoms with E-state index in [-0.39, 0.29) is 10.8 Å². The highest BCUT2D eigenvalue weighted by Gasteiger charge is 2.13. The van der Waals surface area contributed by atoms with Crippen LogP contribution < -0.4 is 0 Å². The van der Waals surface area contributed by atoms with Gasteiger partial charge in [0.15, 0.2) is 0 Å². The van der Waals surface area contributed by atoms with Gasteiger partial charge in [-0.1, -0.05) is 20.8 Å². The molecular weight excluding hydrogens is 180 g/mol. The molecule has 0 aromatic rings. The van der Waals surface area contributed by atoms with E-state index in [2.05, 4.69) is 20.8 Å². The van der Waals surface area contributed by atoms with Crippen LogP contribution >= 0.6 is 0 Å². The first-order valence-electron chi connectivity index (χ1n) is 3.41. The van der Waals surface area contributed by atoms with Crippen LogP contribution in [0.15, 0.2) is 0 Å². The standard InChI is InChI=1S/C6H14O3SSi/c1-6(2,3)11-5-4-10(7,8)9/h4-5H2,1-3H3,(H,7,8,9). The Bertz CT molecular complexity index is 202. The van der Waals surface area contributed by atoms with E-state index in [1.807, 2.05) is 0 Å². The molecule has 1 N–H and O–H groups in total. The molecule has 2 radical (unpaired) electrons. The zero-order valence-electron chi connectivity index (χ0n) is 7.09. The van der Waals surface area contributed by atoms with Crippen molar-refractivity contribution in [2.75, 3.05) is 5.75 Å². The third kappa shape index (κ3) is 10.1. The largest absolute Gasteiger partial charge is 0.286 e. The molecule has 0 aromatic carbocycles. The summed E-state index contributed by atoms with van der Waals surface area (Å²) >= 11 is 0. The van der Waals surface area contributed by atoms with Crippen LogP contribution in [0.5, 0.6) is 0 Å². The van der Waals surface area contributed by atoms with Crippen LogP contribution in [0.3, 0.4) is 0 Å². The van der Waals surface area contributed by atoms with Gasteiger partial charge in [-0.25, -0.2) is 0 Å². The molecule has 3 nitrogen and oxygen atoms in total. The van der Waals surface area contributed by atoms with Gasteiger partial charge < -0.3 is 0 Å². The van der Waals surface area contributed by atoms with Crippen molar-refractivity contribution in [2.24, 2.45) is 0 Å². The molecule has 0 aliphatic rings. The highest BCUT2D eigenvalue weighted by atomic mass is 32.2. The number of rotatable bonds is 3. The Morgan fingerprint density at radius 1 is 1.36 bits per heavy atom. The average molecular weight is 194 g/mol. The molecule has 0 fully saturated rings. The van der Waals surface area contributed by atoms with Crippen LogP contribution in [0.2, 0.25) is 11.1 Å². The van der Waals surface area contributed by atoms with Crippen LogP contribution in [0.4, 0.5) is 0 Å². The zero-order chi connectivity index (χ0) is 9.12. The van der Waals surface area contributed by atoms with E-state index >= 15 is 0 Å². The van der Waals surface area contributed by atoms with E-state index in [0.717, 1.165) is 0 Å². The van der Waals surface area contributed by atoms with Gasteiger partial charge in [-0.3, -0.25) is 4.55 Å². The molecule has 0 aromatic heterocycles. The van der Waals surface area contributed by atoms with Gasteiger partial charge >= 0.3 is 0 Å². The summed E-state index contributed by atoms with van der Waals surface area (Å²) in [5.74, 6) is -0.108. The van der Waals surface area contributed by atoms with E-state index in [4.69, 9.17) is 4.55 Å². The lowest BCUT2D eigenvalue weighted by molar-refractivity contribution is 0.484. The van der Waals surface area contributed by atoms with E-state index in [0.29, 0.717) is 15.6 Å². The SMILES string of the molecule is CC(C)(C)[Si]CCS(=O)(=O)O. The van der Waals surface area contributed by atoms with Crippen molar-refractivity contribution in [1.82, 2.24) is 0 Å². The monoisotopic (exact) mass is 194 g/mol. The first-order valence-corrected chi connectivity index (χ1v) is 6.22.